The van der Waals surface area contributed by atoms with Crippen LogP contribution in [0, 0.1) is 20.8 Å². The van der Waals surface area contributed by atoms with E-state index in [1.54, 1.807) is 9.80 Å². The number of benzene rings is 2. The van der Waals surface area contributed by atoms with Gasteiger partial charge in [-0.1, -0.05) is 35.4 Å². The average Bonchev–Trinajstić information content (AvgIpc) is 2.99. The standard InChI is InChI=1S/C24H30N2O4/c1-18-5-8-21(9-6-18)29-16-23(27)25-11-4-12-26(14-13-25)24(28)17-30-22-10-7-19(2)15-20(22)3/h5-10,15H,4,11-14,16-17H2,1-3H3. The quantitative estimate of drug-likeness (QED) is 0.734. The Bertz CT molecular complexity index is 879. The largest absolute Gasteiger partial charge is 0.484 e. The summed E-state index contributed by atoms with van der Waals surface area (Å²) in [5, 5.41) is 0. The number of ether oxygens (including phenoxy) is 2. The van der Waals surface area contributed by atoms with E-state index in [2.05, 4.69) is 0 Å². The number of aryl methyl sites for hydroxylation is 3. The lowest BCUT2D eigenvalue weighted by Crippen LogP contribution is -2.40. The first-order chi connectivity index (χ1) is 14.4. The molecule has 1 fully saturated rings. The number of carbonyl (C=O) groups excluding carboxylic acids is 2. The maximum Gasteiger partial charge on any atom is 0.260 e. The van der Waals surface area contributed by atoms with Crippen molar-refractivity contribution in [2.45, 2.75) is 27.2 Å². The van der Waals surface area contributed by atoms with Crippen molar-refractivity contribution in [2.75, 3.05) is 39.4 Å². The lowest BCUT2D eigenvalue weighted by molar-refractivity contribution is -0.135. The normalized spacial score (nSPS) is 14.2. The van der Waals surface area contributed by atoms with Crippen molar-refractivity contribution in [3.05, 3.63) is 59.2 Å². The van der Waals surface area contributed by atoms with Gasteiger partial charge in [-0.2, -0.15) is 0 Å². The molecule has 1 aliphatic heterocycles. The Hall–Kier alpha value is -3.02. The van der Waals surface area contributed by atoms with Gasteiger partial charge < -0.3 is 19.3 Å². The molecule has 6 nitrogen and oxygen atoms in total. The van der Waals surface area contributed by atoms with Crippen LogP contribution in [-0.2, 0) is 9.59 Å². The summed E-state index contributed by atoms with van der Waals surface area (Å²) in [5.74, 6) is 1.30. The molecule has 160 valence electrons. The first-order valence-electron chi connectivity index (χ1n) is 10.4. The van der Waals surface area contributed by atoms with Crippen molar-refractivity contribution in [1.82, 2.24) is 9.80 Å². The second-order valence-corrected chi connectivity index (χ2v) is 7.77. The summed E-state index contributed by atoms with van der Waals surface area (Å²) in [6, 6.07) is 13.5. The third kappa shape index (κ3) is 5.99. The van der Waals surface area contributed by atoms with Gasteiger partial charge in [-0.25, -0.2) is 0 Å². The van der Waals surface area contributed by atoms with Crippen LogP contribution in [0.5, 0.6) is 11.5 Å². The van der Waals surface area contributed by atoms with Crippen LogP contribution in [0.2, 0.25) is 0 Å². The Balaban J connectivity index is 1.45. The summed E-state index contributed by atoms with van der Waals surface area (Å²) in [6.07, 6.45) is 0.742. The molecule has 1 saturated heterocycles. The summed E-state index contributed by atoms with van der Waals surface area (Å²) in [7, 11) is 0. The molecular weight excluding hydrogens is 380 g/mol. The summed E-state index contributed by atoms with van der Waals surface area (Å²) < 4.78 is 11.3. The Kier molecular flexibility index (Phi) is 7.33. The molecule has 0 N–H and O–H groups in total. The van der Waals surface area contributed by atoms with Crippen molar-refractivity contribution >= 4 is 11.8 Å². The van der Waals surface area contributed by atoms with Crippen molar-refractivity contribution in [2.24, 2.45) is 0 Å². The maximum atomic E-state index is 12.6. The lowest BCUT2D eigenvalue weighted by atomic mass is 10.1. The zero-order valence-corrected chi connectivity index (χ0v) is 18.0. The molecule has 1 heterocycles. The van der Waals surface area contributed by atoms with Gasteiger partial charge in [-0.15, -0.1) is 0 Å². The number of hydrogen-bond acceptors (Lipinski definition) is 4. The molecule has 0 bridgehead atoms. The molecule has 0 radical (unpaired) electrons. The number of nitrogens with zero attached hydrogens (tertiary/aromatic N) is 2. The van der Waals surface area contributed by atoms with Crippen molar-refractivity contribution in [3.8, 4) is 11.5 Å². The van der Waals surface area contributed by atoms with E-state index in [0.29, 0.717) is 31.9 Å². The highest BCUT2D eigenvalue weighted by Crippen LogP contribution is 2.19. The van der Waals surface area contributed by atoms with Gasteiger partial charge in [0.25, 0.3) is 11.8 Å². The topological polar surface area (TPSA) is 59.1 Å². The van der Waals surface area contributed by atoms with E-state index in [4.69, 9.17) is 9.47 Å². The van der Waals surface area contributed by atoms with E-state index in [0.717, 1.165) is 28.9 Å². The van der Waals surface area contributed by atoms with Crippen LogP contribution in [0.4, 0.5) is 0 Å². The van der Waals surface area contributed by atoms with Crippen LogP contribution >= 0.6 is 0 Å². The highest BCUT2D eigenvalue weighted by Gasteiger charge is 2.22. The van der Waals surface area contributed by atoms with Gasteiger partial charge in [-0.3, -0.25) is 9.59 Å². The molecular formula is C24H30N2O4. The highest BCUT2D eigenvalue weighted by atomic mass is 16.5. The van der Waals surface area contributed by atoms with Gasteiger partial charge in [0.05, 0.1) is 0 Å². The molecule has 0 saturated carbocycles. The van der Waals surface area contributed by atoms with Crippen molar-refractivity contribution in [3.63, 3.8) is 0 Å². The van der Waals surface area contributed by atoms with E-state index in [9.17, 15) is 9.59 Å². The Morgan fingerprint density at radius 3 is 1.93 bits per heavy atom. The fraction of sp³-hybridized carbons (Fsp3) is 0.417. The zero-order chi connectivity index (χ0) is 21.5. The van der Waals surface area contributed by atoms with Gasteiger partial charge >= 0.3 is 0 Å². The number of carbonyl (C=O) groups is 2. The molecule has 2 aromatic carbocycles. The van der Waals surface area contributed by atoms with Crippen LogP contribution in [0.1, 0.15) is 23.1 Å². The van der Waals surface area contributed by atoms with E-state index in [1.165, 1.54) is 0 Å². The second kappa shape index (κ2) is 10.1. The third-order valence-electron chi connectivity index (χ3n) is 5.27. The van der Waals surface area contributed by atoms with E-state index < -0.39 is 0 Å². The summed E-state index contributed by atoms with van der Waals surface area (Å²) in [6.45, 7) is 8.28. The summed E-state index contributed by atoms with van der Waals surface area (Å²) >= 11 is 0. The number of hydrogen-bond donors (Lipinski definition) is 0. The predicted octanol–water partition coefficient (Wildman–Crippen LogP) is 3.13. The Morgan fingerprint density at radius 2 is 1.33 bits per heavy atom. The van der Waals surface area contributed by atoms with Gasteiger partial charge in [-0.05, 0) is 51.0 Å². The smallest absolute Gasteiger partial charge is 0.260 e. The first-order valence-corrected chi connectivity index (χ1v) is 10.4. The van der Waals surface area contributed by atoms with Crippen LogP contribution in [-0.4, -0.2) is 61.0 Å². The summed E-state index contributed by atoms with van der Waals surface area (Å²) in [4.78, 5) is 28.7. The van der Waals surface area contributed by atoms with Crippen LogP contribution < -0.4 is 9.47 Å². The highest BCUT2D eigenvalue weighted by molar-refractivity contribution is 5.79. The van der Waals surface area contributed by atoms with Gasteiger partial charge in [0.2, 0.25) is 0 Å². The lowest BCUT2D eigenvalue weighted by Gasteiger charge is -2.22. The summed E-state index contributed by atoms with van der Waals surface area (Å²) in [5.41, 5.74) is 3.33. The van der Waals surface area contributed by atoms with Crippen LogP contribution in [0.15, 0.2) is 42.5 Å². The van der Waals surface area contributed by atoms with Gasteiger partial charge in [0.1, 0.15) is 11.5 Å². The molecule has 0 atom stereocenters. The SMILES string of the molecule is Cc1ccc(OCC(=O)N2CCCN(C(=O)COc3ccc(C)cc3C)CC2)cc1. The zero-order valence-electron chi connectivity index (χ0n) is 18.0. The van der Waals surface area contributed by atoms with Crippen molar-refractivity contribution in [1.29, 1.82) is 0 Å². The molecule has 6 heteroatoms. The maximum absolute atomic E-state index is 12.6. The molecule has 30 heavy (non-hydrogen) atoms. The number of amides is 2. The van der Waals surface area contributed by atoms with Gasteiger partial charge in [0, 0.05) is 26.2 Å². The second-order valence-electron chi connectivity index (χ2n) is 7.77. The fourth-order valence-electron chi connectivity index (χ4n) is 3.48. The molecule has 0 unspecified atom stereocenters. The minimum absolute atomic E-state index is 0.00677. The Labute approximate surface area is 178 Å². The van der Waals surface area contributed by atoms with E-state index >= 15 is 0 Å². The monoisotopic (exact) mass is 410 g/mol. The fourth-order valence-corrected chi connectivity index (χ4v) is 3.48. The van der Waals surface area contributed by atoms with E-state index in [-0.39, 0.29) is 25.0 Å². The average molecular weight is 411 g/mol. The molecule has 0 aromatic heterocycles. The van der Waals surface area contributed by atoms with E-state index in [1.807, 2.05) is 63.2 Å². The third-order valence-corrected chi connectivity index (χ3v) is 5.27. The first kappa shape index (κ1) is 21.7. The van der Waals surface area contributed by atoms with Crippen molar-refractivity contribution < 1.29 is 19.1 Å². The Morgan fingerprint density at radius 1 is 0.767 bits per heavy atom. The van der Waals surface area contributed by atoms with Crippen LogP contribution in [0.25, 0.3) is 0 Å². The molecule has 0 spiro atoms. The molecule has 3 rings (SSSR count). The molecule has 0 aliphatic carbocycles. The number of rotatable bonds is 6. The minimum atomic E-state index is -0.0589. The minimum Gasteiger partial charge on any atom is -0.484 e. The van der Waals surface area contributed by atoms with Gasteiger partial charge in [0.15, 0.2) is 13.2 Å². The molecule has 2 aromatic rings. The van der Waals surface area contributed by atoms with Crippen LogP contribution in [0.3, 0.4) is 0 Å². The predicted molar refractivity (Wildman–Crippen MR) is 116 cm³/mol. The molecule has 1 aliphatic rings. The molecule has 2 amide bonds.